The van der Waals surface area contributed by atoms with E-state index in [4.69, 9.17) is 9.84 Å². The molecule has 7 nitrogen and oxygen atoms in total. The second-order valence-corrected chi connectivity index (χ2v) is 3.79. The molecule has 3 N–H and O–H groups in total. The Bertz CT molecular complexity index is 299. The van der Waals surface area contributed by atoms with Crippen LogP contribution >= 0.6 is 0 Å². The maximum Gasteiger partial charge on any atom is 0.322 e. The highest BCUT2D eigenvalue weighted by molar-refractivity contribution is 5.86. The molecule has 0 aromatic carbocycles. The Morgan fingerprint density at radius 3 is 2.47 bits per heavy atom. The van der Waals surface area contributed by atoms with Gasteiger partial charge in [-0.05, 0) is 12.8 Å². The van der Waals surface area contributed by atoms with E-state index in [0.717, 1.165) is 12.8 Å². The van der Waals surface area contributed by atoms with Gasteiger partial charge in [-0.25, -0.2) is 0 Å². The van der Waals surface area contributed by atoms with E-state index in [-0.39, 0.29) is 25.0 Å². The number of aliphatic carboxylic acids is 1. The van der Waals surface area contributed by atoms with E-state index in [9.17, 15) is 14.4 Å². The summed E-state index contributed by atoms with van der Waals surface area (Å²) < 4.78 is 5.27. The first-order valence-corrected chi connectivity index (χ1v) is 5.44. The molecule has 0 radical (unpaired) electrons. The van der Waals surface area contributed by atoms with Gasteiger partial charge in [0.15, 0.2) is 0 Å². The van der Waals surface area contributed by atoms with Crippen molar-refractivity contribution < 1.29 is 24.2 Å². The highest BCUT2D eigenvalue weighted by Crippen LogP contribution is 2.14. The van der Waals surface area contributed by atoms with Crippen molar-refractivity contribution in [2.75, 3.05) is 19.7 Å². The van der Waals surface area contributed by atoms with Crippen molar-refractivity contribution in [2.24, 2.45) is 0 Å². The van der Waals surface area contributed by atoms with Crippen molar-refractivity contribution in [1.82, 2.24) is 10.6 Å². The molecule has 0 saturated carbocycles. The number of carbonyl (C=O) groups is 3. The van der Waals surface area contributed by atoms with E-state index in [1.54, 1.807) is 0 Å². The average Bonchev–Trinajstić information content (AvgIpc) is 2.76. The van der Waals surface area contributed by atoms with Gasteiger partial charge in [0.2, 0.25) is 11.8 Å². The van der Waals surface area contributed by atoms with Crippen LogP contribution in [0.3, 0.4) is 0 Å². The number of carbonyl (C=O) groups excluding carboxylic acids is 2. The number of hydrogen-bond acceptors (Lipinski definition) is 4. The predicted molar refractivity (Wildman–Crippen MR) is 57.2 cm³/mol. The molecule has 0 aromatic heterocycles. The van der Waals surface area contributed by atoms with Crippen LogP contribution in [0.4, 0.5) is 0 Å². The van der Waals surface area contributed by atoms with Crippen LogP contribution < -0.4 is 10.6 Å². The average molecular weight is 244 g/mol. The van der Waals surface area contributed by atoms with Crippen LogP contribution in [0.15, 0.2) is 0 Å². The predicted octanol–water partition coefficient (Wildman–Crippen LogP) is -1.13. The van der Waals surface area contributed by atoms with Crippen LogP contribution in [0.25, 0.3) is 0 Å². The van der Waals surface area contributed by atoms with E-state index in [0.29, 0.717) is 6.61 Å². The second-order valence-electron chi connectivity index (χ2n) is 3.79. The third-order valence-electron chi connectivity index (χ3n) is 2.32. The quantitative estimate of drug-likeness (QED) is 0.548. The van der Waals surface area contributed by atoms with Gasteiger partial charge in [-0.15, -0.1) is 0 Å². The highest BCUT2D eigenvalue weighted by Gasteiger charge is 2.19. The molecule has 0 spiro atoms. The molecule has 0 aromatic rings. The molecule has 17 heavy (non-hydrogen) atoms. The Kier molecular flexibility index (Phi) is 5.41. The molecule has 0 bridgehead atoms. The smallest absolute Gasteiger partial charge is 0.322 e. The summed E-state index contributed by atoms with van der Waals surface area (Å²) in [6, 6.07) is 0. The third-order valence-corrected chi connectivity index (χ3v) is 2.32. The molecule has 7 heteroatoms. The minimum Gasteiger partial charge on any atom is -0.480 e. The molecule has 1 atom stereocenters. The molecular weight excluding hydrogens is 228 g/mol. The fraction of sp³-hybridized carbons (Fsp3) is 0.700. The Morgan fingerprint density at radius 1 is 1.18 bits per heavy atom. The number of ether oxygens (including phenoxy) is 1. The molecule has 96 valence electrons. The molecule has 2 amide bonds. The second kappa shape index (κ2) is 6.85. The zero-order valence-electron chi connectivity index (χ0n) is 9.40. The van der Waals surface area contributed by atoms with Crippen molar-refractivity contribution >= 4 is 17.8 Å². The lowest BCUT2D eigenvalue weighted by Gasteiger charge is -2.09. The summed E-state index contributed by atoms with van der Waals surface area (Å²) >= 11 is 0. The zero-order chi connectivity index (χ0) is 12.7. The summed E-state index contributed by atoms with van der Waals surface area (Å²) in [6.07, 6.45) is 2.00. The Hall–Kier alpha value is -1.63. The van der Waals surface area contributed by atoms with E-state index in [2.05, 4.69) is 10.6 Å². The minimum atomic E-state index is -1.12. The first-order chi connectivity index (χ1) is 8.08. The molecule has 1 heterocycles. The normalized spacial score (nSPS) is 18.7. The maximum atomic E-state index is 11.4. The van der Waals surface area contributed by atoms with Crippen LogP contribution in [0, 0.1) is 0 Å². The fourth-order valence-electron chi connectivity index (χ4n) is 1.50. The van der Waals surface area contributed by atoms with E-state index >= 15 is 0 Å². The summed E-state index contributed by atoms with van der Waals surface area (Å²) in [5.74, 6) is -1.90. The number of rotatable bonds is 6. The maximum absolute atomic E-state index is 11.4. The van der Waals surface area contributed by atoms with Crippen molar-refractivity contribution in [3.63, 3.8) is 0 Å². The van der Waals surface area contributed by atoms with Gasteiger partial charge in [0.25, 0.3) is 0 Å². The number of amides is 2. The van der Waals surface area contributed by atoms with Crippen molar-refractivity contribution in [3.8, 4) is 0 Å². The molecule has 1 fully saturated rings. The van der Waals surface area contributed by atoms with Crippen LogP contribution in [0.1, 0.15) is 19.3 Å². The van der Waals surface area contributed by atoms with Crippen LogP contribution in [-0.2, 0) is 19.1 Å². The minimum absolute atomic E-state index is 0.0583. The number of nitrogens with one attached hydrogen (secondary N) is 2. The molecule has 1 unspecified atom stereocenters. The standard InChI is InChI=1S/C10H16N2O5/c13-8(4-7-2-1-3-17-7)11-5-9(14)12-6-10(15)16/h7H,1-6H2,(H,11,13)(H,12,14)(H,15,16). The first-order valence-electron chi connectivity index (χ1n) is 5.44. The lowest BCUT2D eigenvalue weighted by molar-refractivity contribution is -0.137. The van der Waals surface area contributed by atoms with Crippen molar-refractivity contribution in [3.05, 3.63) is 0 Å². The molecule has 1 aliphatic rings. The summed E-state index contributed by atoms with van der Waals surface area (Å²) in [5.41, 5.74) is 0. The van der Waals surface area contributed by atoms with E-state index in [1.165, 1.54) is 0 Å². The van der Waals surface area contributed by atoms with Gasteiger partial charge < -0.3 is 20.5 Å². The largest absolute Gasteiger partial charge is 0.480 e. The van der Waals surface area contributed by atoms with Crippen molar-refractivity contribution in [2.45, 2.75) is 25.4 Å². The SMILES string of the molecule is O=C(O)CNC(=O)CNC(=O)CC1CCCO1. The Labute approximate surface area is 98.5 Å². The molecule has 1 aliphatic heterocycles. The molecule has 0 aliphatic carbocycles. The third kappa shape index (κ3) is 5.86. The summed E-state index contributed by atoms with van der Waals surface area (Å²) in [6.45, 7) is 0.0241. The monoisotopic (exact) mass is 244 g/mol. The summed E-state index contributed by atoms with van der Waals surface area (Å²) in [7, 11) is 0. The van der Waals surface area contributed by atoms with Crippen LogP contribution in [0.2, 0.25) is 0 Å². The highest BCUT2D eigenvalue weighted by atomic mass is 16.5. The van der Waals surface area contributed by atoms with Crippen LogP contribution in [-0.4, -0.2) is 48.7 Å². The molecular formula is C10H16N2O5. The summed E-state index contributed by atoms with van der Waals surface area (Å²) in [5, 5.41) is 12.9. The summed E-state index contributed by atoms with van der Waals surface area (Å²) in [4.78, 5) is 32.6. The number of carboxylic acid groups (broad SMARTS) is 1. The van der Waals surface area contributed by atoms with Gasteiger partial charge in [0.1, 0.15) is 6.54 Å². The first kappa shape index (κ1) is 13.4. The van der Waals surface area contributed by atoms with Crippen LogP contribution in [0.5, 0.6) is 0 Å². The molecule has 1 rings (SSSR count). The number of carboxylic acids is 1. The van der Waals surface area contributed by atoms with Gasteiger partial charge in [-0.2, -0.15) is 0 Å². The van der Waals surface area contributed by atoms with Gasteiger partial charge in [-0.1, -0.05) is 0 Å². The Morgan fingerprint density at radius 2 is 1.88 bits per heavy atom. The van der Waals surface area contributed by atoms with Gasteiger partial charge in [0.05, 0.1) is 19.1 Å². The van der Waals surface area contributed by atoms with E-state index in [1.807, 2.05) is 0 Å². The number of hydrogen-bond donors (Lipinski definition) is 3. The lowest BCUT2D eigenvalue weighted by Crippen LogP contribution is -2.39. The Balaban J connectivity index is 2.10. The van der Waals surface area contributed by atoms with Gasteiger partial charge in [0, 0.05) is 6.61 Å². The molecule has 1 saturated heterocycles. The zero-order valence-corrected chi connectivity index (χ0v) is 9.40. The van der Waals surface area contributed by atoms with Gasteiger partial charge >= 0.3 is 5.97 Å². The van der Waals surface area contributed by atoms with Crippen molar-refractivity contribution in [1.29, 1.82) is 0 Å². The lowest BCUT2D eigenvalue weighted by atomic mass is 10.2. The fourth-order valence-corrected chi connectivity index (χ4v) is 1.50. The van der Waals surface area contributed by atoms with E-state index < -0.39 is 18.4 Å². The van der Waals surface area contributed by atoms with Gasteiger partial charge in [-0.3, -0.25) is 14.4 Å². The topological polar surface area (TPSA) is 105 Å².